The van der Waals surface area contributed by atoms with E-state index in [9.17, 15) is 14.0 Å². The van der Waals surface area contributed by atoms with Crippen LogP contribution >= 0.6 is 0 Å². The smallest absolute Gasteiger partial charge is 0.277 e. The van der Waals surface area contributed by atoms with Gasteiger partial charge in [0.05, 0.1) is 12.8 Å². The lowest BCUT2D eigenvalue weighted by molar-refractivity contribution is -0.126. The second-order valence-corrected chi connectivity index (χ2v) is 8.61. The summed E-state index contributed by atoms with van der Waals surface area (Å²) < 4.78 is 20.6. The van der Waals surface area contributed by atoms with E-state index >= 15 is 0 Å². The van der Waals surface area contributed by atoms with Crippen LogP contribution in [0.2, 0.25) is 0 Å². The van der Waals surface area contributed by atoms with Gasteiger partial charge < -0.3 is 9.73 Å². The van der Waals surface area contributed by atoms with Crippen LogP contribution in [-0.2, 0) is 17.9 Å². The molecule has 8 heteroatoms. The quantitative estimate of drug-likeness (QED) is 0.483. The molecule has 0 fully saturated rings. The molecule has 0 saturated heterocycles. The fraction of sp³-hybridized carbons (Fsp3) is 0.192. The third-order valence-electron chi connectivity index (χ3n) is 6.04. The first-order chi connectivity index (χ1) is 16.3. The van der Waals surface area contributed by atoms with E-state index in [1.807, 2.05) is 31.2 Å². The van der Waals surface area contributed by atoms with Gasteiger partial charge in [0.15, 0.2) is 5.76 Å². The van der Waals surface area contributed by atoms with E-state index in [2.05, 4.69) is 10.4 Å². The average Bonchev–Trinajstić information content (AvgIpc) is 3.49. The zero-order chi connectivity index (χ0) is 23.9. The molecule has 1 aliphatic rings. The number of anilines is 1. The number of rotatable bonds is 5. The molecule has 0 bridgehead atoms. The third-order valence-corrected chi connectivity index (χ3v) is 6.04. The number of halogens is 1. The van der Waals surface area contributed by atoms with Crippen LogP contribution in [-0.4, -0.2) is 27.1 Å². The highest BCUT2D eigenvalue weighted by atomic mass is 19.1. The van der Waals surface area contributed by atoms with Gasteiger partial charge in [-0.3, -0.25) is 19.2 Å². The van der Waals surface area contributed by atoms with Gasteiger partial charge in [-0.1, -0.05) is 29.8 Å². The van der Waals surface area contributed by atoms with Crippen molar-refractivity contribution < 1.29 is 18.4 Å². The summed E-state index contributed by atoms with van der Waals surface area (Å²) in [5.74, 6) is -0.652. The van der Waals surface area contributed by atoms with E-state index in [-0.39, 0.29) is 12.5 Å². The van der Waals surface area contributed by atoms with Crippen LogP contribution in [0, 0.1) is 12.7 Å². The predicted octanol–water partition coefficient (Wildman–Crippen LogP) is 4.33. The van der Waals surface area contributed by atoms with Crippen molar-refractivity contribution in [1.82, 2.24) is 15.1 Å². The summed E-state index contributed by atoms with van der Waals surface area (Å²) in [6.07, 6.45) is 1.53. The zero-order valence-corrected chi connectivity index (χ0v) is 18.8. The molecule has 2 aromatic carbocycles. The van der Waals surface area contributed by atoms with Gasteiger partial charge >= 0.3 is 0 Å². The normalized spacial score (nSPS) is 17.5. The lowest BCUT2D eigenvalue weighted by Gasteiger charge is -2.43. The first-order valence-electron chi connectivity index (χ1n) is 10.9. The minimum atomic E-state index is -1.31. The Morgan fingerprint density at radius 2 is 1.94 bits per heavy atom. The molecule has 4 aromatic rings. The van der Waals surface area contributed by atoms with E-state index in [1.165, 1.54) is 40.1 Å². The third kappa shape index (κ3) is 3.77. The number of hydrogen-bond acceptors (Lipinski definition) is 4. The SMILES string of the molecule is Cc1cccc(CNC(=O)[C@@]2(C)Cn3nc(-c4ccco4)cc3C(=O)N2c2ccc(F)cc2)c1. The molecule has 1 N–H and O–H groups in total. The van der Waals surface area contributed by atoms with E-state index in [0.29, 0.717) is 29.4 Å². The van der Waals surface area contributed by atoms with Crippen LogP contribution in [0.4, 0.5) is 10.1 Å². The molecule has 0 radical (unpaired) electrons. The molecule has 2 aromatic heterocycles. The Morgan fingerprint density at radius 1 is 1.15 bits per heavy atom. The van der Waals surface area contributed by atoms with Crippen molar-refractivity contribution in [2.24, 2.45) is 0 Å². The second kappa shape index (κ2) is 8.30. The topological polar surface area (TPSA) is 80.4 Å². The fourth-order valence-corrected chi connectivity index (χ4v) is 4.32. The van der Waals surface area contributed by atoms with Gasteiger partial charge in [-0.15, -0.1) is 0 Å². The first-order valence-corrected chi connectivity index (χ1v) is 10.9. The van der Waals surface area contributed by atoms with Crippen molar-refractivity contribution >= 4 is 17.5 Å². The van der Waals surface area contributed by atoms with Crippen LogP contribution in [0.5, 0.6) is 0 Å². The number of nitrogens with zero attached hydrogens (tertiary/aromatic N) is 3. The standard InChI is InChI=1S/C26H23FN4O3/c1-17-5-3-6-18(13-17)15-28-25(33)26(2)16-30-22(14-21(29-30)23-7-4-12-34-23)24(32)31(26)20-10-8-19(27)9-11-20/h3-14H,15-16H2,1-2H3,(H,28,33)/t26-/m1/s1. The molecule has 7 nitrogen and oxygen atoms in total. The Kier molecular flexibility index (Phi) is 5.28. The van der Waals surface area contributed by atoms with Crippen molar-refractivity contribution in [3.8, 4) is 11.5 Å². The molecular weight excluding hydrogens is 435 g/mol. The number of carbonyl (C=O) groups is 2. The largest absolute Gasteiger partial charge is 0.463 e. The monoisotopic (exact) mass is 458 g/mol. The molecular formula is C26H23FN4O3. The number of benzene rings is 2. The molecule has 5 rings (SSSR count). The van der Waals surface area contributed by atoms with E-state index in [4.69, 9.17) is 4.42 Å². The van der Waals surface area contributed by atoms with Crippen molar-refractivity contribution in [2.45, 2.75) is 32.5 Å². The number of nitrogens with one attached hydrogen (secondary N) is 1. The van der Waals surface area contributed by atoms with Crippen molar-refractivity contribution in [2.75, 3.05) is 4.90 Å². The number of furan rings is 1. The van der Waals surface area contributed by atoms with Gasteiger partial charge in [0.25, 0.3) is 5.91 Å². The molecule has 34 heavy (non-hydrogen) atoms. The van der Waals surface area contributed by atoms with E-state index in [1.54, 1.807) is 25.1 Å². The molecule has 1 atom stereocenters. The van der Waals surface area contributed by atoms with Crippen molar-refractivity contribution in [1.29, 1.82) is 0 Å². The summed E-state index contributed by atoms with van der Waals surface area (Å²) >= 11 is 0. The highest BCUT2D eigenvalue weighted by Crippen LogP contribution is 2.34. The summed E-state index contributed by atoms with van der Waals surface area (Å²) in [6.45, 7) is 4.10. The maximum Gasteiger partial charge on any atom is 0.277 e. The maximum absolute atomic E-state index is 13.7. The van der Waals surface area contributed by atoms with Crippen LogP contribution in [0.15, 0.2) is 77.4 Å². The Morgan fingerprint density at radius 3 is 2.65 bits per heavy atom. The minimum Gasteiger partial charge on any atom is -0.463 e. The van der Waals surface area contributed by atoms with Gasteiger partial charge in [-0.05, 0) is 55.8 Å². The Hall–Kier alpha value is -4.20. The summed E-state index contributed by atoms with van der Waals surface area (Å²) in [6, 6.07) is 18.5. The summed E-state index contributed by atoms with van der Waals surface area (Å²) in [5, 5.41) is 7.50. The lowest BCUT2D eigenvalue weighted by Crippen LogP contribution is -2.64. The lowest BCUT2D eigenvalue weighted by atomic mass is 9.93. The maximum atomic E-state index is 13.7. The van der Waals surface area contributed by atoms with Crippen LogP contribution in [0.1, 0.15) is 28.5 Å². The number of hydrogen-bond donors (Lipinski definition) is 1. The number of aryl methyl sites for hydroxylation is 1. The van der Waals surface area contributed by atoms with Crippen LogP contribution in [0.25, 0.3) is 11.5 Å². The average molecular weight is 458 g/mol. The summed E-state index contributed by atoms with van der Waals surface area (Å²) in [4.78, 5) is 28.7. The Bertz CT molecular complexity index is 1360. The molecule has 0 unspecified atom stereocenters. The van der Waals surface area contributed by atoms with Gasteiger partial charge in [0.1, 0.15) is 22.7 Å². The van der Waals surface area contributed by atoms with Crippen LogP contribution < -0.4 is 10.2 Å². The Labute approximate surface area is 195 Å². The molecule has 2 amide bonds. The van der Waals surface area contributed by atoms with Gasteiger partial charge in [-0.2, -0.15) is 5.10 Å². The van der Waals surface area contributed by atoms with Gasteiger partial charge in [-0.25, -0.2) is 4.39 Å². The highest BCUT2D eigenvalue weighted by Gasteiger charge is 2.49. The molecule has 1 aliphatic heterocycles. The summed E-state index contributed by atoms with van der Waals surface area (Å²) in [5.41, 5.74) is 1.97. The Balaban J connectivity index is 1.53. The summed E-state index contributed by atoms with van der Waals surface area (Å²) in [7, 11) is 0. The molecule has 0 spiro atoms. The second-order valence-electron chi connectivity index (χ2n) is 8.61. The van der Waals surface area contributed by atoms with Gasteiger partial charge in [0.2, 0.25) is 5.91 Å². The van der Waals surface area contributed by atoms with Crippen molar-refractivity contribution in [3.63, 3.8) is 0 Å². The van der Waals surface area contributed by atoms with E-state index in [0.717, 1.165) is 11.1 Å². The fourth-order valence-electron chi connectivity index (χ4n) is 4.32. The highest BCUT2D eigenvalue weighted by molar-refractivity contribution is 6.12. The number of aromatic nitrogens is 2. The zero-order valence-electron chi connectivity index (χ0n) is 18.8. The molecule has 3 heterocycles. The number of amides is 2. The predicted molar refractivity (Wildman–Crippen MR) is 125 cm³/mol. The van der Waals surface area contributed by atoms with Crippen molar-refractivity contribution in [3.05, 3.63) is 95.6 Å². The molecule has 172 valence electrons. The number of carbonyl (C=O) groups excluding carboxylic acids is 2. The van der Waals surface area contributed by atoms with E-state index < -0.39 is 17.3 Å². The number of fused-ring (bicyclic) bond motifs is 1. The van der Waals surface area contributed by atoms with Gasteiger partial charge in [0, 0.05) is 18.3 Å². The van der Waals surface area contributed by atoms with Crippen LogP contribution in [0.3, 0.4) is 0 Å². The minimum absolute atomic E-state index is 0.117. The molecule has 0 saturated carbocycles. The first kappa shape index (κ1) is 21.6. The molecule has 0 aliphatic carbocycles.